The first-order valence-electron chi connectivity index (χ1n) is 9.32. The molecule has 1 aliphatic heterocycles. The van der Waals surface area contributed by atoms with Gasteiger partial charge in [-0.05, 0) is 31.5 Å². The zero-order valence-corrected chi connectivity index (χ0v) is 15.5. The molecule has 138 valence electrons. The van der Waals surface area contributed by atoms with E-state index in [1.54, 1.807) is 6.07 Å². The van der Waals surface area contributed by atoms with Gasteiger partial charge < -0.3 is 15.1 Å². The SMILES string of the molecule is Cc1ccccc1NC(=O)[C@H](C)[NH+]1CC[NH+](Cc2ccccc2F)CC1. The number of rotatable bonds is 5. The van der Waals surface area contributed by atoms with Crippen molar-refractivity contribution < 1.29 is 19.0 Å². The molecule has 1 aliphatic rings. The van der Waals surface area contributed by atoms with Gasteiger partial charge in [0.15, 0.2) is 6.04 Å². The van der Waals surface area contributed by atoms with Gasteiger partial charge in [-0.15, -0.1) is 0 Å². The smallest absolute Gasteiger partial charge is 0.282 e. The standard InChI is InChI=1S/C21H26FN3O/c1-16-7-3-6-10-20(16)23-21(26)17(2)25-13-11-24(12-14-25)15-18-8-4-5-9-19(18)22/h3-10,17H,11-15H2,1-2H3,(H,23,26)/p+2/t17-/m0/s1. The Morgan fingerprint density at radius 1 is 1.08 bits per heavy atom. The van der Waals surface area contributed by atoms with Crippen molar-refractivity contribution in [3.8, 4) is 0 Å². The lowest BCUT2D eigenvalue weighted by Gasteiger charge is -2.32. The molecule has 1 fully saturated rings. The molecule has 0 aromatic heterocycles. The molecule has 2 aromatic rings. The summed E-state index contributed by atoms with van der Waals surface area (Å²) in [6.07, 6.45) is 0. The summed E-state index contributed by atoms with van der Waals surface area (Å²) in [6, 6.07) is 14.7. The maximum Gasteiger partial charge on any atom is 0.282 e. The van der Waals surface area contributed by atoms with Gasteiger partial charge in [-0.2, -0.15) is 0 Å². The van der Waals surface area contributed by atoms with Crippen LogP contribution in [0.3, 0.4) is 0 Å². The molecule has 5 heteroatoms. The van der Waals surface area contributed by atoms with Crippen molar-refractivity contribution >= 4 is 11.6 Å². The van der Waals surface area contributed by atoms with Gasteiger partial charge in [0.05, 0.1) is 0 Å². The van der Waals surface area contributed by atoms with E-state index < -0.39 is 0 Å². The molecule has 0 radical (unpaired) electrons. The second-order valence-electron chi connectivity index (χ2n) is 7.20. The molecule has 26 heavy (non-hydrogen) atoms. The van der Waals surface area contributed by atoms with E-state index in [1.807, 2.05) is 50.2 Å². The van der Waals surface area contributed by atoms with Gasteiger partial charge in [-0.25, -0.2) is 4.39 Å². The van der Waals surface area contributed by atoms with Gasteiger partial charge in [0, 0.05) is 11.3 Å². The fourth-order valence-corrected chi connectivity index (χ4v) is 3.59. The van der Waals surface area contributed by atoms with Crippen LogP contribution in [0, 0.1) is 12.7 Å². The molecule has 1 amide bonds. The number of carbonyl (C=O) groups is 1. The Morgan fingerprint density at radius 2 is 1.73 bits per heavy atom. The molecule has 0 saturated carbocycles. The van der Waals surface area contributed by atoms with E-state index in [4.69, 9.17) is 0 Å². The predicted octanol–water partition coefficient (Wildman–Crippen LogP) is 0.445. The summed E-state index contributed by atoms with van der Waals surface area (Å²) in [7, 11) is 0. The Kier molecular flexibility index (Phi) is 6.01. The summed E-state index contributed by atoms with van der Waals surface area (Å²) >= 11 is 0. The van der Waals surface area contributed by atoms with E-state index in [-0.39, 0.29) is 17.8 Å². The highest BCUT2D eigenvalue weighted by Crippen LogP contribution is 2.13. The third-order valence-electron chi connectivity index (χ3n) is 5.41. The molecular formula is C21H28FN3O+2. The normalized spacial score (nSPS) is 21.2. The monoisotopic (exact) mass is 357 g/mol. The molecule has 3 N–H and O–H groups in total. The highest BCUT2D eigenvalue weighted by Gasteiger charge is 2.31. The van der Waals surface area contributed by atoms with Crippen LogP contribution < -0.4 is 15.1 Å². The first-order valence-corrected chi connectivity index (χ1v) is 9.32. The number of carbonyl (C=O) groups excluding carboxylic acids is 1. The van der Waals surface area contributed by atoms with E-state index in [1.165, 1.54) is 15.9 Å². The van der Waals surface area contributed by atoms with Crippen LogP contribution in [0.2, 0.25) is 0 Å². The third-order valence-corrected chi connectivity index (χ3v) is 5.41. The van der Waals surface area contributed by atoms with Crippen LogP contribution >= 0.6 is 0 Å². The summed E-state index contributed by atoms with van der Waals surface area (Å²) in [6.45, 7) is 8.45. The Labute approximate surface area is 154 Å². The molecule has 0 unspecified atom stereocenters. The van der Waals surface area contributed by atoms with Crippen molar-refractivity contribution in [2.24, 2.45) is 0 Å². The minimum Gasteiger partial charge on any atom is -0.322 e. The van der Waals surface area contributed by atoms with Crippen LogP contribution in [-0.4, -0.2) is 38.1 Å². The van der Waals surface area contributed by atoms with Crippen LogP contribution in [0.25, 0.3) is 0 Å². The van der Waals surface area contributed by atoms with Crippen LogP contribution in [-0.2, 0) is 11.3 Å². The lowest BCUT2D eigenvalue weighted by molar-refractivity contribution is -1.02. The van der Waals surface area contributed by atoms with E-state index in [9.17, 15) is 9.18 Å². The van der Waals surface area contributed by atoms with Crippen molar-refractivity contribution in [2.45, 2.75) is 26.4 Å². The zero-order chi connectivity index (χ0) is 18.5. The number of hydrogen-bond donors (Lipinski definition) is 3. The van der Waals surface area contributed by atoms with E-state index in [2.05, 4.69) is 5.32 Å². The highest BCUT2D eigenvalue weighted by atomic mass is 19.1. The average molecular weight is 357 g/mol. The summed E-state index contributed by atoms with van der Waals surface area (Å²) in [5.41, 5.74) is 2.73. The quantitative estimate of drug-likeness (QED) is 0.714. The molecule has 0 aliphatic carbocycles. The molecule has 3 rings (SSSR count). The molecule has 1 heterocycles. The van der Waals surface area contributed by atoms with Crippen molar-refractivity contribution in [2.75, 3.05) is 31.5 Å². The number of anilines is 1. The molecule has 0 spiro atoms. The summed E-state index contributed by atoms with van der Waals surface area (Å²) in [5.74, 6) is -0.0624. The number of benzene rings is 2. The average Bonchev–Trinajstić information content (AvgIpc) is 2.65. The van der Waals surface area contributed by atoms with Crippen molar-refractivity contribution in [1.29, 1.82) is 0 Å². The summed E-state index contributed by atoms with van der Waals surface area (Å²) in [5, 5.41) is 3.05. The highest BCUT2D eigenvalue weighted by molar-refractivity contribution is 5.94. The summed E-state index contributed by atoms with van der Waals surface area (Å²) < 4.78 is 13.8. The van der Waals surface area contributed by atoms with Crippen LogP contribution in [0.15, 0.2) is 48.5 Å². The number of amides is 1. The maximum absolute atomic E-state index is 13.8. The maximum atomic E-state index is 13.8. The van der Waals surface area contributed by atoms with Crippen LogP contribution in [0.1, 0.15) is 18.1 Å². The minimum atomic E-state index is -0.124. The number of piperazine rings is 1. The van der Waals surface area contributed by atoms with Crippen LogP contribution in [0.5, 0.6) is 0 Å². The fraction of sp³-hybridized carbons (Fsp3) is 0.381. The lowest BCUT2D eigenvalue weighted by atomic mass is 10.1. The predicted molar refractivity (Wildman–Crippen MR) is 101 cm³/mol. The first-order chi connectivity index (χ1) is 12.5. The topological polar surface area (TPSA) is 38.0 Å². The second-order valence-corrected chi connectivity index (χ2v) is 7.20. The third kappa shape index (κ3) is 4.48. The zero-order valence-electron chi connectivity index (χ0n) is 15.5. The van der Waals surface area contributed by atoms with Gasteiger partial charge in [0.1, 0.15) is 38.5 Å². The Morgan fingerprint density at radius 3 is 2.42 bits per heavy atom. The second kappa shape index (κ2) is 8.43. The number of nitrogens with one attached hydrogen (secondary N) is 3. The van der Waals surface area contributed by atoms with E-state index in [0.29, 0.717) is 6.54 Å². The minimum absolute atomic E-state index is 0.0619. The van der Waals surface area contributed by atoms with E-state index >= 15 is 0 Å². The fourth-order valence-electron chi connectivity index (χ4n) is 3.59. The number of hydrogen-bond acceptors (Lipinski definition) is 1. The van der Waals surface area contributed by atoms with Crippen molar-refractivity contribution in [3.05, 3.63) is 65.5 Å². The van der Waals surface area contributed by atoms with Gasteiger partial charge >= 0.3 is 0 Å². The number of quaternary nitrogens is 2. The van der Waals surface area contributed by atoms with Gasteiger partial charge in [-0.1, -0.05) is 36.4 Å². The molecule has 0 bridgehead atoms. The first kappa shape index (κ1) is 18.5. The largest absolute Gasteiger partial charge is 0.322 e. The van der Waals surface area contributed by atoms with Gasteiger partial charge in [0.25, 0.3) is 5.91 Å². The van der Waals surface area contributed by atoms with Crippen molar-refractivity contribution in [1.82, 2.24) is 0 Å². The Hall–Kier alpha value is -2.24. The Balaban J connectivity index is 1.52. The number of aryl methyl sites for hydroxylation is 1. The number of halogens is 1. The molecular weight excluding hydrogens is 329 g/mol. The lowest BCUT2D eigenvalue weighted by Crippen LogP contribution is -3.29. The molecule has 1 saturated heterocycles. The molecule has 2 aromatic carbocycles. The van der Waals surface area contributed by atoms with Gasteiger partial charge in [-0.3, -0.25) is 4.79 Å². The van der Waals surface area contributed by atoms with Gasteiger partial charge in [0.2, 0.25) is 0 Å². The van der Waals surface area contributed by atoms with Crippen LogP contribution in [0.4, 0.5) is 10.1 Å². The van der Waals surface area contributed by atoms with E-state index in [0.717, 1.165) is 43.0 Å². The Bertz CT molecular complexity index is 756. The number of para-hydroxylation sites is 1. The molecule has 1 atom stereocenters. The molecule has 4 nitrogen and oxygen atoms in total. The summed E-state index contributed by atoms with van der Waals surface area (Å²) in [4.78, 5) is 15.3. The van der Waals surface area contributed by atoms with Crippen molar-refractivity contribution in [3.63, 3.8) is 0 Å².